The Morgan fingerprint density at radius 3 is 1.22 bits per heavy atom. The quantitative estimate of drug-likeness (QED) is 0.129. The van der Waals surface area contributed by atoms with Gasteiger partial charge in [0, 0.05) is 21.5 Å². The molecule has 5 nitrogen and oxygen atoms in total. The number of carbonyl (C=O) groups excluding carboxylic acids is 1. The van der Waals surface area contributed by atoms with E-state index in [2.05, 4.69) is 189 Å². The molecule has 0 amide bonds. The predicted molar refractivity (Wildman–Crippen MR) is 246 cm³/mol. The van der Waals surface area contributed by atoms with Crippen molar-refractivity contribution in [1.29, 1.82) is 0 Å². The summed E-state index contributed by atoms with van der Waals surface area (Å²) in [6.07, 6.45) is 6.44. The third kappa shape index (κ3) is 6.89. The second-order valence-corrected chi connectivity index (χ2v) is 21.8. The highest BCUT2D eigenvalue weighted by atomic mass is 16.5. The highest BCUT2D eigenvalue weighted by molar-refractivity contribution is 6.11. The highest BCUT2D eigenvalue weighted by Gasteiger charge is 2.41. The number of nitrogens with zero attached hydrogens (tertiary/aromatic N) is 3. The number of esters is 1. The van der Waals surface area contributed by atoms with Crippen LogP contribution in [0.4, 0.5) is 0 Å². The molecule has 9 rings (SSSR count). The van der Waals surface area contributed by atoms with E-state index in [-0.39, 0.29) is 40.2 Å². The van der Waals surface area contributed by atoms with Crippen molar-refractivity contribution in [3.8, 4) is 11.6 Å². The van der Waals surface area contributed by atoms with Crippen LogP contribution in [0.1, 0.15) is 124 Å². The highest BCUT2D eigenvalue weighted by Crippen LogP contribution is 2.45. The maximum absolute atomic E-state index is 13.7. The van der Waals surface area contributed by atoms with Crippen LogP contribution >= 0.6 is 0 Å². The third-order valence-electron chi connectivity index (χ3n) is 13.3. The summed E-state index contributed by atoms with van der Waals surface area (Å²) in [5, 5.41) is 4.85. The topological polar surface area (TPSA) is 49.0 Å². The second kappa shape index (κ2) is 13.4. The van der Waals surface area contributed by atoms with Gasteiger partial charge in [-0.1, -0.05) is 120 Å². The van der Waals surface area contributed by atoms with E-state index in [0.29, 0.717) is 11.8 Å². The number of aromatic nitrogens is 3. The fraction of sp³-hybridized carbons (Fsp3) is 0.407. The smallest absolute Gasteiger partial charge is 0.309 e. The molecule has 0 saturated heterocycles. The normalized spacial score (nSPS) is 18.6. The molecule has 59 heavy (non-hydrogen) atoms. The average Bonchev–Trinajstić information content (AvgIpc) is 3.95. The Hall–Kier alpha value is -5.16. The Morgan fingerprint density at radius 2 is 0.915 bits per heavy atom. The van der Waals surface area contributed by atoms with Crippen LogP contribution in [0.3, 0.4) is 0 Å². The van der Waals surface area contributed by atoms with E-state index in [1.165, 1.54) is 43.8 Å². The zero-order valence-corrected chi connectivity index (χ0v) is 37.2. The number of rotatable bonds is 5. The van der Waals surface area contributed by atoms with Crippen molar-refractivity contribution in [2.45, 2.75) is 124 Å². The van der Waals surface area contributed by atoms with Gasteiger partial charge in [-0.3, -0.25) is 13.9 Å². The number of fused-ring (bicyclic) bond motifs is 8. The van der Waals surface area contributed by atoms with Gasteiger partial charge in [-0.2, -0.15) is 0 Å². The molecule has 1 saturated carbocycles. The molecular formula is C54H61N3O2. The van der Waals surface area contributed by atoms with E-state index >= 15 is 0 Å². The number of pyridine rings is 1. The van der Waals surface area contributed by atoms with Crippen LogP contribution in [-0.4, -0.2) is 20.1 Å². The summed E-state index contributed by atoms with van der Waals surface area (Å²) in [6, 6.07) is 31.9. The van der Waals surface area contributed by atoms with E-state index < -0.39 is 0 Å². The summed E-state index contributed by atoms with van der Waals surface area (Å²) in [7, 11) is 0. The molecule has 2 aliphatic carbocycles. The standard InChI is InChI=1S/C54H61N3O2/c1-51(2,3)35-15-19-44-40(27-35)41-28-36(52(4,5)6)16-20-45(41)56(44)48-25-33(31-59-50(58)39-24-32-13-14-34(39)23-32)26-49(55-48)57-46-21-17-37(53(7,8)9)29-42(46)43-30-38(54(10,11)12)18-22-47(43)57/h13-22,25-30,32,34,39H,23-24,31H2,1-12H3/t32-,34+,39?/m1/s1. The zero-order chi connectivity index (χ0) is 42.0. The van der Waals surface area contributed by atoms with Gasteiger partial charge in [0.05, 0.1) is 28.0 Å². The molecule has 5 heteroatoms. The van der Waals surface area contributed by atoms with E-state index in [1.807, 2.05) is 0 Å². The van der Waals surface area contributed by atoms with Gasteiger partial charge in [0.2, 0.25) is 0 Å². The number of carbonyl (C=O) groups is 1. The van der Waals surface area contributed by atoms with Crippen molar-refractivity contribution in [2.24, 2.45) is 17.8 Å². The Bertz CT molecular complexity index is 2540. The molecule has 4 aromatic carbocycles. The lowest BCUT2D eigenvalue weighted by molar-refractivity contribution is -0.150. The second-order valence-electron chi connectivity index (χ2n) is 21.8. The van der Waals surface area contributed by atoms with Crippen LogP contribution in [0, 0.1) is 17.8 Å². The predicted octanol–water partition coefficient (Wildman–Crippen LogP) is 13.7. The summed E-state index contributed by atoms with van der Waals surface area (Å²) in [6.45, 7) is 27.5. The van der Waals surface area contributed by atoms with Gasteiger partial charge in [0.1, 0.15) is 18.2 Å². The lowest BCUT2D eigenvalue weighted by Gasteiger charge is -2.20. The summed E-state index contributed by atoms with van der Waals surface area (Å²) in [5.41, 5.74) is 10.5. The summed E-state index contributed by atoms with van der Waals surface area (Å²) >= 11 is 0. The summed E-state index contributed by atoms with van der Waals surface area (Å²) in [4.78, 5) is 19.3. The minimum Gasteiger partial charge on any atom is -0.461 e. The maximum Gasteiger partial charge on any atom is 0.309 e. The van der Waals surface area contributed by atoms with E-state index in [0.717, 1.165) is 52.1 Å². The van der Waals surface area contributed by atoms with Crippen molar-refractivity contribution in [3.63, 3.8) is 0 Å². The van der Waals surface area contributed by atoms with Gasteiger partial charge < -0.3 is 4.74 Å². The molecule has 0 radical (unpaired) electrons. The zero-order valence-electron chi connectivity index (χ0n) is 37.2. The fourth-order valence-electron chi connectivity index (χ4n) is 9.59. The molecule has 1 fully saturated rings. The Morgan fingerprint density at radius 1 is 0.542 bits per heavy atom. The molecule has 0 aliphatic heterocycles. The molecule has 0 N–H and O–H groups in total. The average molecular weight is 784 g/mol. The van der Waals surface area contributed by atoms with Crippen molar-refractivity contribution in [3.05, 3.63) is 125 Å². The molecule has 2 bridgehead atoms. The first-order chi connectivity index (χ1) is 27.6. The maximum atomic E-state index is 13.7. The molecule has 2 aliphatic rings. The molecule has 3 aromatic heterocycles. The van der Waals surface area contributed by atoms with Crippen molar-refractivity contribution in [1.82, 2.24) is 14.1 Å². The lowest BCUT2D eigenvalue weighted by atomic mass is 9.85. The number of ether oxygens (including phenoxy) is 1. The molecule has 3 heterocycles. The first kappa shape index (κ1) is 39.3. The minimum absolute atomic E-state index is 0.00961. The van der Waals surface area contributed by atoms with E-state index in [4.69, 9.17) is 9.72 Å². The third-order valence-corrected chi connectivity index (χ3v) is 13.3. The largest absolute Gasteiger partial charge is 0.461 e. The van der Waals surface area contributed by atoms with Gasteiger partial charge in [-0.05, 0) is 135 Å². The lowest BCUT2D eigenvalue weighted by Crippen LogP contribution is -2.21. The van der Waals surface area contributed by atoms with Crippen molar-refractivity contribution < 1.29 is 9.53 Å². The Kier molecular flexibility index (Phi) is 8.95. The summed E-state index contributed by atoms with van der Waals surface area (Å²) in [5.74, 6) is 2.23. The van der Waals surface area contributed by atoms with Crippen molar-refractivity contribution in [2.75, 3.05) is 0 Å². The van der Waals surface area contributed by atoms with E-state index in [9.17, 15) is 4.79 Å². The van der Waals surface area contributed by atoms with Gasteiger partial charge >= 0.3 is 5.97 Å². The fourth-order valence-corrected chi connectivity index (χ4v) is 9.59. The first-order valence-corrected chi connectivity index (χ1v) is 21.7. The van der Waals surface area contributed by atoms with Gasteiger partial charge in [-0.15, -0.1) is 0 Å². The van der Waals surface area contributed by atoms with Crippen LogP contribution in [0.15, 0.2) is 97.1 Å². The summed E-state index contributed by atoms with van der Waals surface area (Å²) < 4.78 is 10.9. The van der Waals surface area contributed by atoms with Crippen LogP contribution < -0.4 is 0 Å². The number of benzene rings is 4. The van der Waals surface area contributed by atoms with Crippen molar-refractivity contribution >= 4 is 49.6 Å². The monoisotopic (exact) mass is 783 g/mol. The van der Waals surface area contributed by atoms with Gasteiger partial charge in [0.25, 0.3) is 0 Å². The molecule has 304 valence electrons. The number of hydrogen-bond donors (Lipinski definition) is 0. The molecule has 7 aromatic rings. The van der Waals surface area contributed by atoms with Crippen LogP contribution in [0.5, 0.6) is 0 Å². The molecule has 1 unspecified atom stereocenters. The number of allylic oxidation sites excluding steroid dienone is 2. The van der Waals surface area contributed by atoms with Crippen LogP contribution in [0.25, 0.3) is 55.2 Å². The Labute approximate surface area is 350 Å². The SMILES string of the molecule is CC(C)(C)c1ccc2c(c1)c1cc(C(C)(C)C)ccc1n2-c1cc(COC(=O)C2C[C@@H]3C=C[C@H]2C3)cc(-n2c3ccc(C(C)(C)C)cc3c3cc(C(C)(C)C)ccc32)n1. The van der Waals surface area contributed by atoms with Crippen LogP contribution in [-0.2, 0) is 37.8 Å². The molecule has 0 spiro atoms. The van der Waals surface area contributed by atoms with Crippen LogP contribution in [0.2, 0.25) is 0 Å². The van der Waals surface area contributed by atoms with Gasteiger partial charge in [0.15, 0.2) is 0 Å². The van der Waals surface area contributed by atoms with Gasteiger partial charge in [-0.25, -0.2) is 4.98 Å². The Balaban J connectivity index is 1.30. The van der Waals surface area contributed by atoms with E-state index in [1.54, 1.807) is 0 Å². The number of hydrogen-bond acceptors (Lipinski definition) is 3. The first-order valence-electron chi connectivity index (χ1n) is 21.7. The molecule has 3 atom stereocenters. The minimum atomic E-state index is -0.0932. The molecular weight excluding hydrogens is 723 g/mol.